The molecule has 0 bridgehead atoms. The number of likely N-dealkylation sites (tertiary alicyclic amines) is 1. The topological polar surface area (TPSA) is 171 Å². The minimum atomic E-state index is -0.600. The number of carbonyl (C=O) groups is 1. The number of para-hydroxylation sites is 1. The van der Waals surface area contributed by atoms with Crippen LogP contribution in [0.15, 0.2) is 114 Å². The first kappa shape index (κ1) is 32.8. The van der Waals surface area contributed by atoms with E-state index in [4.69, 9.17) is 4.74 Å². The first-order chi connectivity index (χ1) is 23.8. The molecule has 1 aliphatic rings. The normalized spacial score (nSPS) is 13.8. The standard InChI is InChI=1S/C34H30N8O6S/c1-23(49-34-36-37-38-40(34)26-12-6-3-7-13-26)29-22-28(42(46)47)18-19-30(29)48-32(33(43)35-25-14-16-27(17-15-25)41(44)45)31(39-20-8-9-21-39)24-10-4-2-5-11-24/h2-7,10-19,22-23H,8-9,20-21H2,1H3,(H,35,43). The number of aromatic nitrogens is 4. The van der Waals surface area contributed by atoms with Gasteiger partial charge in [-0.1, -0.05) is 60.3 Å². The van der Waals surface area contributed by atoms with Gasteiger partial charge in [-0.3, -0.25) is 25.0 Å². The van der Waals surface area contributed by atoms with Gasteiger partial charge >= 0.3 is 0 Å². The van der Waals surface area contributed by atoms with Crippen LogP contribution in [-0.4, -0.2) is 54.0 Å². The number of nitro benzene ring substituents is 2. The fraction of sp³-hybridized carbons (Fsp3) is 0.176. The fourth-order valence-electron chi connectivity index (χ4n) is 5.43. The Bertz CT molecular complexity index is 2000. The van der Waals surface area contributed by atoms with Crippen LogP contribution >= 0.6 is 11.8 Å². The van der Waals surface area contributed by atoms with Crippen molar-refractivity contribution < 1.29 is 19.4 Å². The van der Waals surface area contributed by atoms with Crippen molar-refractivity contribution in [3.8, 4) is 11.4 Å². The molecule has 248 valence electrons. The second-order valence-corrected chi connectivity index (χ2v) is 12.4. The molecule has 0 saturated carbocycles. The molecule has 49 heavy (non-hydrogen) atoms. The molecule has 1 amide bonds. The lowest BCUT2D eigenvalue weighted by atomic mass is 10.1. The number of anilines is 1. The number of nitrogens with zero attached hydrogens (tertiary/aromatic N) is 7. The Morgan fingerprint density at radius 1 is 0.878 bits per heavy atom. The molecule has 1 atom stereocenters. The Kier molecular flexibility index (Phi) is 9.90. The van der Waals surface area contributed by atoms with Crippen molar-refractivity contribution in [2.24, 2.45) is 0 Å². The van der Waals surface area contributed by atoms with Crippen molar-refractivity contribution in [1.82, 2.24) is 25.1 Å². The molecular formula is C34H30N8O6S. The van der Waals surface area contributed by atoms with Gasteiger partial charge in [0.15, 0.2) is 0 Å². The quantitative estimate of drug-likeness (QED) is 0.0483. The van der Waals surface area contributed by atoms with Gasteiger partial charge in [0, 0.05) is 59.4 Å². The van der Waals surface area contributed by atoms with Crippen LogP contribution in [0.2, 0.25) is 0 Å². The summed E-state index contributed by atoms with van der Waals surface area (Å²) in [6, 6.07) is 28.4. The Labute approximate surface area is 284 Å². The number of non-ortho nitro benzene ring substituents is 2. The van der Waals surface area contributed by atoms with E-state index in [9.17, 15) is 25.0 Å². The highest BCUT2D eigenvalue weighted by molar-refractivity contribution is 7.99. The summed E-state index contributed by atoms with van der Waals surface area (Å²) in [5.74, 6) is -0.407. The van der Waals surface area contributed by atoms with Gasteiger partial charge in [-0.2, -0.15) is 4.68 Å². The molecule has 1 saturated heterocycles. The third-order valence-electron chi connectivity index (χ3n) is 7.80. The highest BCUT2D eigenvalue weighted by Crippen LogP contribution is 2.42. The third-order valence-corrected chi connectivity index (χ3v) is 8.88. The lowest BCUT2D eigenvalue weighted by Crippen LogP contribution is -2.27. The molecule has 5 aromatic rings. The Hall–Kier alpha value is -6.09. The molecule has 4 aromatic carbocycles. The summed E-state index contributed by atoms with van der Waals surface area (Å²) in [5, 5.41) is 38.1. The maximum absolute atomic E-state index is 14.2. The smallest absolute Gasteiger partial charge is 0.293 e. The van der Waals surface area contributed by atoms with Gasteiger partial charge in [0.1, 0.15) is 5.75 Å². The van der Waals surface area contributed by atoms with Crippen LogP contribution in [0.1, 0.15) is 36.1 Å². The van der Waals surface area contributed by atoms with Gasteiger partial charge < -0.3 is 15.0 Å². The van der Waals surface area contributed by atoms with Crippen molar-refractivity contribution >= 4 is 40.4 Å². The molecule has 1 fully saturated rings. The predicted molar refractivity (Wildman–Crippen MR) is 183 cm³/mol. The number of thioether (sulfide) groups is 1. The number of amides is 1. The van der Waals surface area contributed by atoms with E-state index in [2.05, 4.69) is 25.7 Å². The second-order valence-electron chi connectivity index (χ2n) is 11.0. The fourth-order valence-corrected chi connectivity index (χ4v) is 6.38. The summed E-state index contributed by atoms with van der Waals surface area (Å²) in [7, 11) is 0. The molecule has 14 nitrogen and oxygen atoms in total. The van der Waals surface area contributed by atoms with E-state index >= 15 is 0 Å². The summed E-state index contributed by atoms with van der Waals surface area (Å²) in [4.78, 5) is 38.4. The van der Waals surface area contributed by atoms with Crippen LogP contribution in [-0.2, 0) is 4.79 Å². The molecule has 6 rings (SSSR count). The van der Waals surface area contributed by atoms with E-state index in [1.54, 1.807) is 4.68 Å². The maximum Gasteiger partial charge on any atom is 0.293 e. The van der Waals surface area contributed by atoms with Crippen LogP contribution in [0.4, 0.5) is 17.1 Å². The number of ether oxygens (including phenoxy) is 1. The van der Waals surface area contributed by atoms with Crippen LogP contribution in [0.5, 0.6) is 5.75 Å². The van der Waals surface area contributed by atoms with Crippen LogP contribution in [0.25, 0.3) is 11.4 Å². The van der Waals surface area contributed by atoms with Gasteiger partial charge in [-0.05, 0) is 60.5 Å². The Morgan fingerprint density at radius 3 is 2.16 bits per heavy atom. The number of nitro groups is 2. The number of nitrogens with one attached hydrogen (secondary N) is 1. The number of carbonyl (C=O) groups excluding carboxylic acids is 1. The second kappa shape index (κ2) is 14.8. The van der Waals surface area contributed by atoms with E-state index < -0.39 is 21.0 Å². The van der Waals surface area contributed by atoms with Crippen molar-refractivity contribution in [3.05, 3.63) is 140 Å². The zero-order chi connectivity index (χ0) is 34.3. The average Bonchev–Trinajstić information content (AvgIpc) is 3.82. The van der Waals surface area contributed by atoms with Crippen LogP contribution < -0.4 is 10.1 Å². The molecule has 1 aromatic heterocycles. The number of hydrogen-bond donors (Lipinski definition) is 1. The summed E-state index contributed by atoms with van der Waals surface area (Å²) in [6.07, 6.45) is 1.83. The van der Waals surface area contributed by atoms with Crippen molar-refractivity contribution in [3.63, 3.8) is 0 Å². The summed E-state index contributed by atoms with van der Waals surface area (Å²) in [5.41, 5.74) is 2.53. The molecule has 1 aliphatic heterocycles. The Morgan fingerprint density at radius 2 is 1.51 bits per heavy atom. The highest BCUT2D eigenvalue weighted by Gasteiger charge is 2.29. The van der Waals surface area contributed by atoms with E-state index in [1.165, 1.54) is 54.2 Å². The molecule has 1 unspecified atom stereocenters. The largest absolute Gasteiger partial charge is 0.449 e. The molecule has 15 heteroatoms. The first-order valence-corrected chi connectivity index (χ1v) is 16.2. The maximum atomic E-state index is 14.2. The molecule has 1 N–H and O–H groups in total. The zero-order valence-electron chi connectivity index (χ0n) is 26.2. The van der Waals surface area contributed by atoms with E-state index in [1.807, 2.05) is 67.6 Å². The van der Waals surface area contributed by atoms with Crippen molar-refractivity contribution in [2.45, 2.75) is 30.2 Å². The average molecular weight is 679 g/mol. The summed E-state index contributed by atoms with van der Waals surface area (Å²) >= 11 is 1.27. The monoisotopic (exact) mass is 678 g/mol. The third kappa shape index (κ3) is 7.57. The van der Waals surface area contributed by atoms with Gasteiger partial charge in [0.25, 0.3) is 17.3 Å². The first-order valence-electron chi connectivity index (χ1n) is 15.4. The SMILES string of the molecule is CC(Sc1nnnn1-c1ccccc1)c1cc([N+](=O)[O-])ccc1OC(C(=O)Nc1ccc([N+](=O)[O-])cc1)=C(c1ccccc1)N1CCCC1. The van der Waals surface area contributed by atoms with Gasteiger partial charge in [0.05, 0.1) is 21.2 Å². The number of rotatable bonds is 12. The van der Waals surface area contributed by atoms with Crippen LogP contribution in [0.3, 0.4) is 0 Å². The number of benzene rings is 4. The summed E-state index contributed by atoms with van der Waals surface area (Å²) < 4.78 is 8.16. The molecule has 0 radical (unpaired) electrons. The van der Waals surface area contributed by atoms with Crippen molar-refractivity contribution in [1.29, 1.82) is 0 Å². The van der Waals surface area contributed by atoms with Crippen LogP contribution in [0, 0.1) is 20.2 Å². The van der Waals surface area contributed by atoms with E-state index in [0.717, 1.165) is 24.1 Å². The van der Waals surface area contributed by atoms with E-state index in [0.29, 0.717) is 35.2 Å². The van der Waals surface area contributed by atoms with Gasteiger partial charge in [-0.25, -0.2) is 0 Å². The summed E-state index contributed by atoms with van der Waals surface area (Å²) in [6.45, 7) is 3.21. The number of hydrogen-bond acceptors (Lipinski definition) is 11. The molecule has 0 spiro atoms. The van der Waals surface area contributed by atoms with Gasteiger partial charge in [0.2, 0.25) is 10.9 Å². The molecular weight excluding hydrogens is 648 g/mol. The lowest BCUT2D eigenvalue weighted by Gasteiger charge is -2.26. The minimum absolute atomic E-state index is 0.0344. The number of tetrazole rings is 1. The highest BCUT2D eigenvalue weighted by atomic mass is 32.2. The van der Waals surface area contributed by atoms with Gasteiger partial charge in [-0.15, -0.1) is 5.10 Å². The Balaban J connectivity index is 1.43. The minimum Gasteiger partial charge on any atom is -0.449 e. The lowest BCUT2D eigenvalue weighted by molar-refractivity contribution is -0.385. The zero-order valence-corrected chi connectivity index (χ0v) is 27.0. The predicted octanol–water partition coefficient (Wildman–Crippen LogP) is 6.81. The molecule has 2 heterocycles. The molecule has 0 aliphatic carbocycles. The van der Waals surface area contributed by atoms with E-state index in [-0.39, 0.29) is 22.9 Å². The van der Waals surface area contributed by atoms with Crippen molar-refractivity contribution in [2.75, 3.05) is 18.4 Å².